The van der Waals surface area contributed by atoms with Gasteiger partial charge in [-0.05, 0) is 45.6 Å². The molecule has 0 bridgehead atoms. The molecule has 1 heterocycles. The van der Waals surface area contributed by atoms with Crippen LogP contribution in [0.3, 0.4) is 0 Å². The molecule has 0 aliphatic rings. The Morgan fingerprint density at radius 1 is 1.33 bits per heavy atom. The Morgan fingerprint density at radius 2 is 2.04 bits per heavy atom. The van der Waals surface area contributed by atoms with Gasteiger partial charge in [-0.3, -0.25) is 0 Å². The minimum atomic E-state index is -3.69. The van der Waals surface area contributed by atoms with Gasteiger partial charge >= 0.3 is 0 Å². The third-order valence-corrected chi connectivity index (χ3v) is 5.47. The molecule has 0 aliphatic heterocycles. The highest BCUT2D eigenvalue weighted by molar-refractivity contribution is 7.89. The van der Waals surface area contributed by atoms with Crippen molar-refractivity contribution in [2.45, 2.75) is 24.8 Å². The second-order valence-corrected chi connectivity index (χ2v) is 7.47. The van der Waals surface area contributed by atoms with Gasteiger partial charge in [0.15, 0.2) is 5.76 Å². The zero-order valence-corrected chi connectivity index (χ0v) is 15.3. The summed E-state index contributed by atoms with van der Waals surface area (Å²) >= 11 is 0. The quantitative estimate of drug-likeness (QED) is 0.818. The van der Waals surface area contributed by atoms with Crippen LogP contribution in [0.25, 0.3) is 0 Å². The largest absolute Gasteiger partial charge is 0.497 e. The standard InChI is InChI=1S/C16H23N3O4S/c1-11-16(12(2)23-18-11)24(20,21)17-10-15(19(3)4)13-7-6-8-14(9-13)22-5/h6-9,15,17H,10H2,1-5H3/t15-/m0/s1. The summed E-state index contributed by atoms with van der Waals surface area (Å²) in [6.07, 6.45) is 0. The number of aromatic nitrogens is 1. The van der Waals surface area contributed by atoms with Crippen molar-refractivity contribution < 1.29 is 17.7 Å². The minimum Gasteiger partial charge on any atom is -0.497 e. The van der Waals surface area contributed by atoms with Crippen molar-refractivity contribution in [2.24, 2.45) is 0 Å². The first-order valence-corrected chi connectivity index (χ1v) is 8.97. The van der Waals surface area contributed by atoms with Gasteiger partial charge in [0, 0.05) is 12.6 Å². The molecule has 8 heteroatoms. The van der Waals surface area contributed by atoms with Crippen LogP contribution in [-0.4, -0.2) is 46.2 Å². The van der Waals surface area contributed by atoms with Crippen molar-refractivity contribution in [3.63, 3.8) is 0 Å². The molecule has 1 atom stereocenters. The van der Waals surface area contributed by atoms with Crippen LogP contribution in [0.1, 0.15) is 23.1 Å². The Balaban J connectivity index is 2.23. The van der Waals surface area contributed by atoms with Gasteiger partial charge in [-0.1, -0.05) is 17.3 Å². The summed E-state index contributed by atoms with van der Waals surface area (Å²) in [5.41, 5.74) is 1.31. The van der Waals surface area contributed by atoms with Crippen LogP contribution in [0.2, 0.25) is 0 Å². The predicted molar refractivity (Wildman–Crippen MR) is 90.6 cm³/mol. The normalized spacial score (nSPS) is 13.2. The Bertz CT molecular complexity index is 780. The first kappa shape index (κ1) is 18.4. The molecule has 0 unspecified atom stereocenters. The van der Waals surface area contributed by atoms with E-state index in [1.54, 1.807) is 21.0 Å². The molecule has 2 rings (SSSR count). The number of ether oxygens (including phenoxy) is 1. The van der Waals surface area contributed by atoms with E-state index < -0.39 is 10.0 Å². The van der Waals surface area contributed by atoms with E-state index in [2.05, 4.69) is 9.88 Å². The first-order chi connectivity index (χ1) is 11.3. The summed E-state index contributed by atoms with van der Waals surface area (Å²) < 4.78 is 38.0. The second kappa shape index (κ2) is 7.33. The van der Waals surface area contributed by atoms with E-state index in [0.29, 0.717) is 5.69 Å². The number of nitrogens with one attached hydrogen (secondary N) is 1. The van der Waals surface area contributed by atoms with Gasteiger partial charge in [0.1, 0.15) is 16.3 Å². The van der Waals surface area contributed by atoms with Crippen LogP contribution in [-0.2, 0) is 10.0 Å². The van der Waals surface area contributed by atoms with Gasteiger partial charge in [-0.25, -0.2) is 13.1 Å². The molecule has 1 aromatic carbocycles. The van der Waals surface area contributed by atoms with Crippen molar-refractivity contribution in [2.75, 3.05) is 27.7 Å². The maximum Gasteiger partial charge on any atom is 0.246 e. The molecule has 24 heavy (non-hydrogen) atoms. The smallest absolute Gasteiger partial charge is 0.246 e. The first-order valence-electron chi connectivity index (χ1n) is 7.49. The third kappa shape index (κ3) is 3.95. The molecule has 132 valence electrons. The van der Waals surface area contributed by atoms with E-state index in [4.69, 9.17) is 9.26 Å². The van der Waals surface area contributed by atoms with E-state index in [0.717, 1.165) is 11.3 Å². The van der Waals surface area contributed by atoms with Crippen LogP contribution in [0.5, 0.6) is 5.75 Å². The summed E-state index contributed by atoms with van der Waals surface area (Å²) in [4.78, 5) is 2.05. The molecular weight excluding hydrogens is 330 g/mol. The number of benzene rings is 1. The van der Waals surface area contributed by atoms with Gasteiger partial charge in [-0.2, -0.15) is 0 Å². The number of nitrogens with zero attached hydrogens (tertiary/aromatic N) is 2. The lowest BCUT2D eigenvalue weighted by atomic mass is 10.1. The number of sulfonamides is 1. The summed E-state index contributed by atoms with van der Waals surface area (Å²) in [6.45, 7) is 3.41. The molecular formula is C16H23N3O4S. The van der Waals surface area contributed by atoms with Crippen LogP contribution < -0.4 is 9.46 Å². The number of likely N-dealkylation sites (N-methyl/N-ethyl adjacent to an activating group) is 1. The molecule has 0 amide bonds. The van der Waals surface area contributed by atoms with Crippen molar-refractivity contribution in [1.82, 2.24) is 14.8 Å². The molecule has 0 fully saturated rings. The van der Waals surface area contributed by atoms with Gasteiger partial charge in [0.25, 0.3) is 0 Å². The monoisotopic (exact) mass is 353 g/mol. The molecule has 7 nitrogen and oxygen atoms in total. The van der Waals surface area contributed by atoms with E-state index >= 15 is 0 Å². The Hall–Kier alpha value is -1.90. The number of hydrogen-bond acceptors (Lipinski definition) is 6. The molecule has 0 saturated carbocycles. The number of rotatable bonds is 7. The highest BCUT2D eigenvalue weighted by atomic mass is 32.2. The van der Waals surface area contributed by atoms with Crippen molar-refractivity contribution >= 4 is 10.0 Å². The fourth-order valence-electron chi connectivity index (χ4n) is 2.57. The molecule has 2 aromatic rings. The fourth-order valence-corrected chi connectivity index (χ4v) is 3.93. The summed E-state index contributed by atoms with van der Waals surface area (Å²) in [6, 6.07) is 7.43. The molecule has 0 spiro atoms. The topological polar surface area (TPSA) is 84.7 Å². The highest BCUT2D eigenvalue weighted by Gasteiger charge is 2.26. The number of aryl methyl sites for hydroxylation is 2. The van der Waals surface area contributed by atoms with E-state index in [-0.39, 0.29) is 23.2 Å². The fraction of sp³-hybridized carbons (Fsp3) is 0.438. The van der Waals surface area contributed by atoms with Crippen molar-refractivity contribution in [3.05, 3.63) is 41.3 Å². The summed E-state index contributed by atoms with van der Waals surface area (Å²) in [5.74, 6) is 1.01. The van der Waals surface area contributed by atoms with Crippen LogP contribution in [0, 0.1) is 13.8 Å². The second-order valence-electron chi connectivity index (χ2n) is 5.76. The van der Waals surface area contributed by atoms with Gasteiger partial charge < -0.3 is 14.2 Å². The van der Waals surface area contributed by atoms with Gasteiger partial charge in [0.2, 0.25) is 10.0 Å². The number of hydrogen-bond donors (Lipinski definition) is 1. The lowest BCUT2D eigenvalue weighted by Crippen LogP contribution is -2.34. The van der Waals surface area contributed by atoms with E-state index in [1.165, 1.54) is 0 Å². The molecule has 0 radical (unpaired) electrons. The average molecular weight is 353 g/mol. The highest BCUT2D eigenvalue weighted by Crippen LogP contribution is 2.24. The van der Waals surface area contributed by atoms with E-state index in [9.17, 15) is 8.42 Å². The predicted octanol–water partition coefficient (Wildman–Crippen LogP) is 1.88. The van der Waals surface area contributed by atoms with Crippen LogP contribution >= 0.6 is 0 Å². The lowest BCUT2D eigenvalue weighted by Gasteiger charge is -2.25. The Morgan fingerprint density at radius 3 is 2.58 bits per heavy atom. The minimum absolute atomic E-state index is 0.102. The van der Waals surface area contributed by atoms with Gasteiger partial charge in [0.05, 0.1) is 7.11 Å². The SMILES string of the molecule is COc1cccc([C@H](CNS(=O)(=O)c2c(C)noc2C)N(C)C)c1. The van der Waals surface area contributed by atoms with Crippen LogP contribution in [0.15, 0.2) is 33.7 Å². The number of methoxy groups -OCH3 is 1. The third-order valence-electron chi connectivity index (χ3n) is 3.81. The summed E-state index contributed by atoms with van der Waals surface area (Å²) in [5, 5.41) is 3.70. The molecule has 0 aliphatic carbocycles. The molecule has 1 N–H and O–H groups in total. The van der Waals surface area contributed by atoms with Crippen LogP contribution in [0.4, 0.5) is 0 Å². The molecule has 1 aromatic heterocycles. The van der Waals surface area contributed by atoms with Gasteiger partial charge in [-0.15, -0.1) is 0 Å². The summed E-state index contributed by atoms with van der Waals surface area (Å²) in [7, 11) is 1.70. The zero-order valence-electron chi connectivity index (χ0n) is 14.5. The Labute approximate surface area is 142 Å². The molecule has 0 saturated heterocycles. The van der Waals surface area contributed by atoms with Crippen molar-refractivity contribution in [1.29, 1.82) is 0 Å². The van der Waals surface area contributed by atoms with Crippen molar-refractivity contribution in [3.8, 4) is 5.75 Å². The maximum absolute atomic E-state index is 12.6. The lowest BCUT2D eigenvalue weighted by molar-refractivity contribution is 0.298. The maximum atomic E-state index is 12.6. The van der Waals surface area contributed by atoms with E-state index in [1.807, 2.05) is 43.3 Å². The zero-order chi connectivity index (χ0) is 17.9. The average Bonchev–Trinajstić information content (AvgIpc) is 2.87. The Kier molecular flexibility index (Phi) is 5.63.